The summed E-state index contributed by atoms with van der Waals surface area (Å²) in [6.45, 7) is 1.19. The third-order valence-corrected chi connectivity index (χ3v) is 7.49. The quantitative estimate of drug-likeness (QED) is 0.623. The topological polar surface area (TPSA) is 59.6 Å². The number of nitrogens with zero attached hydrogens (tertiary/aromatic N) is 4. The first-order valence-electron chi connectivity index (χ1n) is 8.03. The summed E-state index contributed by atoms with van der Waals surface area (Å²) in [6, 6.07) is 9.84. The molecule has 1 fully saturated rings. The van der Waals surface area contributed by atoms with E-state index < -0.39 is 9.84 Å². The molecule has 0 aliphatic carbocycles. The third kappa shape index (κ3) is 3.55. The number of pyridine rings is 1. The molecule has 0 aromatic carbocycles. The van der Waals surface area contributed by atoms with Crippen molar-refractivity contribution in [3.8, 4) is 0 Å². The number of hydrogen-bond donors (Lipinski definition) is 0. The lowest BCUT2D eigenvalue weighted by Gasteiger charge is -2.27. The Hall–Kier alpha value is -1.55. The van der Waals surface area contributed by atoms with Gasteiger partial charge < -0.3 is 0 Å². The minimum absolute atomic E-state index is 0.00110. The minimum Gasteiger partial charge on any atom is -0.275 e. The Bertz CT molecular complexity index is 1040. The van der Waals surface area contributed by atoms with E-state index in [1.807, 2.05) is 40.2 Å². The molecule has 132 valence electrons. The van der Waals surface area contributed by atoms with Gasteiger partial charge in [-0.3, -0.25) is 9.30 Å². The molecule has 0 N–H and O–H groups in total. The first-order chi connectivity index (χ1) is 12.0. The van der Waals surface area contributed by atoms with Crippen LogP contribution in [0, 0.1) is 4.77 Å². The number of aromatic nitrogens is 3. The smallest absolute Gasteiger partial charge is 0.203 e. The van der Waals surface area contributed by atoms with E-state index >= 15 is 0 Å². The van der Waals surface area contributed by atoms with Crippen molar-refractivity contribution in [1.29, 1.82) is 0 Å². The number of fused-ring (bicyclic) bond motifs is 1. The standard InChI is InChI=1S/C16H18N4O2S3/c21-25(22)9-6-13(11-25)18(10-14-4-3-8-24-14)12-20-16(23)19-7-2-1-5-15(19)17-20/h1-5,7-8,13H,6,9-12H2/t13-/m0/s1. The van der Waals surface area contributed by atoms with Gasteiger partial charge >= 0.3 is 0 Å². The van der Waals surface area contributed by atoms with E-state index in [9.17, 15) is 8.42 Å². The van der Waals surface area contributed by atoms with Crippen LogP contribution in [0.5, 0.6) is 0 Å². The number of hydrogen-bond acceptors (Lipinski definition) is 6. The van der Waals surface area contributed by atoms with E-state index in [-0.39, 0.29) is 17.5 Å². The van der Waals surface area contributed by atoms with Crippen LogP contribution in [0.4, 0.5) is 0 Å². The molecule has 1 saturated heterocycles. The summed E-state index contributed by atoms with van der Waals surface area (Å²) in [7, 11) is -2.95. The molecule has 25 heavy (non-hydrogen) atoms. The molecular formula is C16H18N4O2S3. The zero-order valence-electron chi connectivity index (χ0n) is 13.5. The molecule has 0 saturated carbocycles. The van der Waals surface area contributed by atoms with Crippen LogP contribution >= 0.6 is 23.6 Å². The zero-order chi connectivity index (χ0) is 17.4. The molecule has 3 aromatic rings. The van der Waals surface area contributed by atoms with Crippen LogP contribution in [-0.2, 0) is 23.1 Å². The summed E-state index contributed by atoms with van der Waals surface area (Å²) in [5.74, 6) is 0.467. The Kier molecular flexibility index (Phi) is 4.48. The molecule has 1 atom stereocenters. The van der Waals surface area contributed by atoms with Crippen molar-refractivity contribution in [1.82, 2.24) is 19.1 Å². The van der Waals surface area contributed by atoms with Gasteiger partial charge in [0.25, 0.3) is 0 Å². The van der Waals surface area contributed by atoms with Crippen molar-refractivity contribution in [3.63, 3.8) is 0 Å². The third-order valence-electron chi connectivity index (χ3n) is 4.47. The predicted octanol–water partition coefficient (Wildman–Crippen LogP) is 2.57. The molecule has 0 amide bonds. The van der Waals surface area contributed by atoms with Gasteiger partial charge in [0.2, 0.25) is 4.77 Å². The Morgan fingerprint density at radius 1 is 1.32 bits per heavy atom. The molecule has 4 heterocycles. The lowest BCUT2D eigenvalue weighted by Crippen LogP contribution is -2.37. The first kappa shape index (κ1) is 16.9. The van der Waals surface area contributed by atoms with Crippen LogP contribution < -0.4 is 0 Å². The minimum atomic E-state index is -2.95. The van der Waals surface area contributed by atoms with Crippen LogP contribution in [0.3, 0.4) is 0 Å². The second-order valence-corrected chi connectivity index (χ2v) is 9.86. The van der Waals surface area contributed by atoms with E-state index in [1.165, 1.54) is 4.88 Å². The fourth-order valence-corrected chi connectivity index (χ4v) is 5.94. The maximum atomic E-state index is 11.9. The number of sulfone groups is 1. The Balaban J connectivity index is 1.65. The summed E-state index contributed by atoms with van der Waals surface area (Å²) >= 11 is 7.21. The lowest BCUT2D eigenvalue weighted by atomic mass is 10.2. The maximum Gasteiger partial charge on any atom is 0.203 e. The van der Waals surface area contributed by atoms with Crippen LogP contribution in [0.1, 0.15) is 11.3 Å². The van der Waals surface area contributed by atoms with Crippen molar-refractivity contribution >= 4 is 39.0 Å². The summed E-state index contributed by atoms with van der Waals surface area (Å²) in [5.41, 5.74) is 0.794. The van der Waals surface area contributed by atoms with Crippen molar-refractivity contribution in [3.05, 3.63) is 51.6 Å². The molecule has 0 unspecified atom stereocenters. The highest BCUT2D eigenvalue weighted by Gasteiger charge is 2.32. The lowest BCUT2D eigenvalue weighted by molar-refractivity contribution is 0.148. The van der Waals surface area contributed by atoms with E-state index in [2.05, 4.69) is 16.1 Å². The monoisotopic (exact) mass is 394 g/mol. The predicted molar refractivity (Wildman–Crippen MR) is 101 cm³/mol. The molecular weight excluding hydrogens is 376 g/mol. The van der Waals surface area contributed by atoms with Gasteiger partial charge in [-0.25, -0.2) is 13.1 Å². The average Bonchev–Trinajstić information content (AvgIpc) is 3.28. The van der Waals surface area contributed by atoms with Gasteiger partial charge in [0.1, 0.15) is 0 Å². The van der Waals surface area contributed by atoms with Gasteiger partial charge in [0.05, 0.1) is 18.2 Å². The van der Waals surface area contributed by atoms with Gasteiger partial charge in [-0.2, -0.15) is 5.10 Å². The van der Waals surface area contributed by atoms with E-state index in [0.29, 0.717) is 24.4 Å². The van der Waals surface area contributed by atoms with Crippen molar-refractivity contribution in [2.24, 2.45) is 0 Å². The van der Waals surface area contributed by atoms with E-state index in [1.54, 1.807) is 16.0 Å². The van der Waals surface area contributed by atoms with Crippen LogP contribution in [0.2, 0.25) is 0 Å². The molecule has 4 rings (SSSR count). The van der Waals surface area contributed by atoms with Crippen LogP contribution in [-0.4, -0.2) is 45.0 Å². The summed E-state index contributed by atoms with van der Waals surface area (Å²) < 4.78 is 28.1. The van der Waals surface area contributed by atoms with Crippen LogP contribution in [0.15, 0.2) is 41.9 Å². The Morgan fingerprint density at radius 2 is 2.20 bits per heavy atom. The summed E-state index contributed by atoms with van der Waals surface area (Å²) in [6.07, 6.45) is 2.55. The first-order valence-corrected chi connectivity index (χ1v) is 11.1. The molecule has 3 aromatic heterocycles. The molecule has 0 bridgehead atoms. The fraction of sp³-hybridized carbons (Fsp3) is 0.375. The highest BCUT2D eigenvalue weighted by Crippen LogP contribution is 2.22. The van der Waals surface area contributed by atoms with Crippen molar-refractivity contribution < 1.29 is 8.42 Å². The Labute approximate surface area is 155 Å². The summed E-state index contributed by atoms with van der Waals surface area (Å²) in [4.78, 5) is 3.39. The molecule has 0 spiro atoms. The van der Waals surface area contributed by atoms with Crippen LogP contribution in [0.25, 0.3) is 5.65 Å². The SMILES string of the molecule is O=S1(=O)CC[C@H](N(Cc2cccs2)Cn2nc3ccccn3c2=S)C1. The van der Waals surface area contributed by atoms with E-state index in [4.69, 9.17) is 12.2 Å². The van der Waals surface area contributed by atoms with Gasteiger partial charge in [0.15, 0.2) is 15.5 Å². The fourth-order valence-electron chi connectivity index (χ4n) is 3.19. The van der Waals surface area contributed by atoms with Crippen molar-refractivity contribution in [2.75, 3.05) is 11.5 Å². The Morgan fingerprint density at radius 3 is 2.88 bits per heavy atom. The zero-order valence-corrected chi connectivity index (χ0v) is 15.9. The van der Waals surface area contributed by atoms with Crippen molar-refractivity contribution in [2.45, 2.75) is 25.7 Å². The highest BCUT2D eigenvalue weighted by atomic mass is 32.2. The number of rotatable bonds is 5. The maximum absolute atomic E-state index is 11.9. The second kappa shape index (κ2) is 6.64. The molecule has 6 nitrogen and oxygen atoms in total. The van der Waals surface area contributed by atoms with Gasteiger partial charge in [0, 0.05) is 23.7 Å². The molecule has 1 aliphatic rings. The molecule has 0 radical (unpaired) electrons. The normalized spacial score (nSPS) is 19.8. The van der Waals surface area contributed by atoms with Gasteiger partial charge in [-0.15, -0.1) is 11.3 Å². The largest absolute Gasteiger partial charge is 0.275 e. The van der Waals surface area contributed by atoms with Gasteiger partial charge in [-0.1, -0.05) is 12.1 Å². The highest BCUT2D eigenvalue weighted by molar-refractivity contribution is 7.91. The summed E-state index contributed by atoms with van der Waals surface area (Å²) in [5, 5.41) is 6.61. The molecule has 9 heteroatoms. The second-order valence-electron chi connectivity index (χ2n) is 6.24. The number of thiophene rings is 1. The van der Waals surface area contributed by atoms with E-state index in [0.717, 1.165) is 5.65 Å². The average molecular weight is 395 g/mol. The molecule has 1 aliphatic heterocycles. The van der Waals surface area contributed by atoms with Gasteiger partial charge in [-0.05, 0) is 42.2 Å².